The van der Waals surface area contributed by atoms with E-state index in [9.17, 15) is 4.79 Å². The van der Waals surface area contributed by atoms with Crippen LogP contribution in [0.1, 0.15) is 35.7 Å². The average molecular weight is 332 g/mol. The molecule has 1 aromatic carbocycles. The fraction of sp³-hybridized carbons (Fsp3) is 0.444. The van der Waals surface area contributed by atoms with Crippen LogP contribution in [0.2, 0.25) is 5.02 Å². The largest absolute Gasteiger partial charge is 0.298 e. The molecular weight excluding hydrogens is 310 g/mol. The molecule has 1 aliphatic rings. The Hall–Kier alpha value is -1.65. The third-order valence-electron chi connectivity index (χ3n) is 4.42. The molecule has 0 bridgehead atoms. The van der Waals surface area contributed by atoms with Crippen molar-refractivity contribution in [1.29, 1.82) is 0 Å². The number of rotatable bonds is 5. The quantitative estimate of drug-likeness (QED) is 0.785. The summed E-state index contributed by atoms with van der Waals surface area (Å²) in [6.45, 7) is 5.70. The number of aryl methyl sites for hydroxylation is 1. The van der Waals surface area contributed by atoms with Crippen LogP contribution < -0.4 is 0 Å². The van der Waals surface area contributed by atoms with Gasteiger partial charge in [-0.3, -0.25) is 14.4 Å². The minimum Gasteiger partial charge on any atom is -0.298 e. The molecule has 1 fully saturated rings. The monoisotopic (exact) mass is 331 g/mol. The molecule has 0 saturated carbocycles. The van der Waals surface area contributed by atoms with Crippen molar-refractivity contribution < 1.29 is 4.79 Å². The predicted octanol–water partition coefficient (Wildman–Crippen LogP) is 3.65. The first-order chi connectivity index (χ1) is 11.2. The van der Waals surface area contributed by atoms with Gasteiger partial charge in [-0.15, -0.1) is 0 Å². The molecule has 23 heavy (non-hydrogen) atoms. The second-order valence-electron chi connectivity index (χ2n) is 6.15. The number of aromatic nitrogens is 2. The third kappa shape index (κ3) is 4.01. The molecule has 2 heterocycles. The predicted molar refractivity (Wildman–Crippen MR) is 91.7 cm³/mol. The van der Waals surface area contributed by atoms with E-state index in [-0.39, 0.29) is 11.7 Å². The van der Waals surface area contributed by atoms with Crippen LogP contribution in [0.25, 0.3) is 0 Å². The second-order valence-corrected chi connectivity index (χ2v) is 6.59. The topological polar surface area (TPSA) is 38.1 Å². The Morgan fingerprint density at radius 1 is 1.35 bits per heavy atom. The van der Waals surface area contributed by atoms with Gasteiger partial charge in [0.15, 0.2) is 5.78 Å². The number of hydrogen-bond acceptors (Lipinski definition) is 3. The van der Waals surface area contributed by atoms with Gasteiger partial charge in [-0.05, 0) is 50.6 Å². The lowest BCUT2D eigenvalue weighted by Crippen LogP contribution is -2.38. The van der Waals surface area contributed by atoms with Crippen molar-refractivity contribution in [1.82, 2.24) is 14.7 Å². The van der Waals surface area contributed by atoms with Crippen LogP contribution >= 0.6 is 11.6 Å². The highest BCUT2D eigenvalue weighted by Crippen LogP contribution is 2.23. The third-order valence-corrected chi connectivity index (χ3v) is 4.67. The zero-order chi connectivity index (χ0) is 16.2. The molecule has 1 saturated heterocycles. The summed E-state index contributed by atoms with van der Waals surface area (Å²) in [5.74, 6) is 0.307. The molecule has 0 aliphatic carbocycles. The average Bonchev–Trinajstić information content (AvgIpc) is 3.03. The number of Topliss-reactive ketones (excluding diaryl/α,β-unsaturated/α-hetero) is 1. The molecule has 1 aromatic heterocycles. The molecule has 122 valence electrons. The van der Waals surface area contributed by atoms with Gasteiger partial charge in [0.2, 0.25) is 0 Å². The van der Waals surface area contributed by atoms with Crippen molar-refractivity contribution in [2.45, 2.75) is 32.9 Å². The van der Waals surface area contributed by atoms with Crippen molar-refractivity contribution in [3.05, 3.63) is 52.8 Å². The minimum atomic E-state index is 0.0751. The molecule has 5 heteroatoms. The highest BCUT2D eigenvalue weighted by molar-refractivity contribution is 6.30. The second kappa shape index (κ2) is 7.28. The maximum atomic E-state index is 12.7. The van der Waals surface area contributed by atoms with Crippen molar-refractivity contribution >= 4 is 17.4 Å². The van der Waals surface area contributed by atoms with Gasteiger partial charge in [-0.25, -0.2) is 0 Å². The van der Waals surface area contributed by atoms with Crippen molar-refractivity contribution in [2.24, 2.45) is 5.92 Å². The maximum Gasteiger partial charge on any atom is 0.167 e. The van der Waals surface area contributed by atoms with Gasteiger partial charge in [-0.1, -0.05) is 11.6 Å². The van der Waals surface area contributed by atoms with Crippen LogP contribution in [-0.2, 0) is 13.1 Å². The van der Waals surface area contributed by atoms with E-state index in [0.717, 1.165) is 44.6 Å². The lowest BCUT2D eigenvalue weighted by atomic mass is 9.90. The van der Waals surface area contributed by atoms with Crippen LogP contribution in [0.5, 0.6) is 0 Å². The van der Waals surface area contributed by atoms with Gasteiger partial charge in [0.1, 0.15) is 0 Å². The highest BCUT2D eigenvalue weighted by atomic mass is 35.5. The van der Waals surface area contributed by atoms with Crippen molar-refractivity contribution in [2.75, 3.05) is 13.1 Å². The Balaban J connectivity index is 1.63. The number of piperidine rings is 1. The van der Waals surface area contributed by atoms with Gasteiger partial charge in [0, 0.05) is 47.9 Å². The van der Waals surface area contributed by atoms with E-state index in [0.29, 0.717) is 5.02 Å². The fourth-order valence-electron chi connectivity index (χ4n) is 3.18. The Bertz CT molecular complexity index is 665. The number of carbonyl (C=O) groups excluding carboxylic acids is 1. The van der Waals surface area contributed by atoms with E-state index < -0.39 is 0 Å². The number of ketones is 1. The van der Waals surface area contributed by atoms with Crippen LogP contribution in [-0.4, -0.2) is 33.6 Å². The molecule has 4 nitrogen and oxygen atoms in total. The van der Waals surface area contributed by atoms with Gasteiger partial charge >= 0.3 is 0 Å². The Kier molecular flexibility index (Phi) is 5.13. The fourth-order valence-corrected chi connectivity index (χ4v) is 3.31. The first-order valence-electron chi connectivity index (χ1n) is 8.19. The zero-order valence-electron chi connectivity index (χ0n) is 13.4. The summed E-state index contributed by atoms with van der Waals surface area (Å²) in [5.41, 5.74) is 1.98. The SMILES string of the molecule is CCn1cc(CN2CCCC(C(=O)c3ccc(Cl)cc3)C2)cn1. The van der Waals surface area contributed by atoms with E-state index in [1.807, 2.05) is 23.0 Å². The van der Waals surface area contributed by atoms with Gasteiger partial charge in [0.25, 0.3) is 0 Å². The van der Waals surface area contributed by atoms with Gasteiger partial charge < -0.3 is 0 Å². The van der Waals surface area contributed by atoms with E-state index in [1.54, 1.807) is 12.1 Å². The van der Waals surface area contributed by atoms with E-state index >= 15 is 0 Å². The first kappa shape index (κ1) is 16.2. The molecule has 1 aliphatic heterocycles. The summed E-state index contributed by atoms with van der Waals surface area (Å²) in [5, 5.41) is 4.99. The number of halogens is 1. The van der Waals surface area contributed by atoms with Crippen molar-refractivity contribution in [3.8, 4) is 0 Å². The van der Waals surface area contributed by atoms with Gasteiger partial charge in [-0.2, -0.15) is 5.10 Å². The van der Waals surface area contributed by atoms with Crippen LogP contribution in [0.15, 0.2) is 36.7 Å². The number of nitrogens with zero attached hydrogens (tertiary/aromatic N) is 3. The first-order valence-corrected chi connectivity index (χ1v) is 8.57. The molecule has 0 spiro atoms. The number of hydrogen-bond donors (Lipinski definition) is 0. The van der Waals surface area contributed by atoms with Crippen LogP contribution in [0, 0.1) is 5.92 Å². The van der Waals surface area contributed by atoms with Crippen LogP contribution in [0.4, 0.5) is 0 Å². The normalized spacial score (nSPS) is 19.0. The maximum absolute atomic E-state index is 12.7. The summed E-state index contributed by atoms with van der Waals surface area (Å²) in [6.07, 6.45) is 6.04. The summed E-state index contributed by atoms with van der Waals surface area (Å²) >= 11 is 5.90. The molecule has 3 rings (SSSR count). The number of benzene rings is 1. The number of likely N-dealkylation sites (tertiary alicyclic amines) is 1. The minimum absolute atomic E-state index is 0.0751. The summed E-state index contributed by atoms with van der Waals surface area (Å²) in [6, 6.07) is 7.23. The Morgan fingerprint density at radius 2 is 2.13 bits per heavy atom. The molecule has 0 amide bonds. The Labute approximate surface area is 142 Å². The zero-order valence-corrected chi connectivity index (χ0v) is 14.2. The summed E-state index contributed by atoms with van der Waals surface area (Å²) in [7, 11) is 0. The molecule has 1 unspecified atom stereocenters. The van der Waals surface area contributed by atoms with Gasteiger partial charge in [0.05, 0.1) is 6.20 Å². The smallest absolute Gasteiger partial charge is 0.167 e. The van der Waals surface area contributed by atoms with E-state index in [4.69, 9.17) is 11.6 Å². The highest BCUT2D eigenvalue weighted by Gasteiger charge is 2.26. The summed E-state index contributed by atoms with van der Waals surface area (Å²) in [4.78, 5) is 15.0. The molecule has 1 atom stereocenters. The standard InChI is InChI=1S/C18H22ClN3O/c1-2-22-12-14(10-20-22)11-21-9-3-4-16(13-21)18(23)15-5-7-17(19)8-6-15/h5-8,10,12,16H,2-4,9,11,13H2,1H3. The molecular formula is C18H22ClN3O. The molecule has 0 radical (unpaired) electrons. The lowest BCUT2D eigenvalue weighted by molar-refractivity contribution is 0.0811. The lowest BCUT2D eigenvalue weighted by Gasteiger charge is -2.31. The number of carbonyl (C=O) groups is 1. The summed E-state index contributed by atoms with van der Waals surface area (Å²) < 4.78 is 1.94. The molecule has 0 N–H and O–H groups in total. The Morgan fingerprint density at radius 3 is 2.83 bits per heavy atom. The van der Waals surface area contributed by atoms with Crippen LogP contribution in [0.3, 0.4) is 0 Å². The van der Waals surface area contributed by atoms with Crippen molar-refractivity contribution in [3.63, 3.8) is 0 Å². The van der Waals surface area contributed by atoms with E-state index in [2.05, 4.69) is 23.1 Å². The molecule has 2 aromatic rings. The van der Waals surface area contributed by atoms with E-state index in [1.165, 1.54) is 5.56 Å².